The largest absolute Gasteiger partial charge is 0.425 e. The summed E-state index contributed by atoms with van der Waals surface area (Å²) < 4.78 is 5.62. The predicted octanol–water partition coefficient (Wildman–Crippen LogP) is 3.62. The molecule has 3 rings (SSSR count). The van der Waals surface area contributed by atoms with Crippen LogP contribution in [0.3, 0.4) is 0 Å². The highest BCUT2D eigenvalue weighted by Gasteiger charge is 2.50. The molecule has 1 aliphatic rings. The van der Waals surface area contributed by atoms with Gasteiger partial charge in [-0.2, -0.15) is 0 Å². The van der Waals surface area contributed by atoms with Crippen molar-refractivity contribution >= 4 is 5.97 Å². The summed E-state index contributed by atoms with van der Waals surface area (Å²) in [5, 5.41) is 0. The van der Waals surface area contributed by atoms with Gasteiger partial charge in [0.2, 0.25) is 0 Å². The molecule has 0 N–H and O–H groups in total. The van der Waals surface area contributed by atoms with E-state index in [1.807, 2.05) is 54.6 Å². The lowest BCUT2D eigenvalue weighted by atomic mass is 9.73. The van der Waals surface area contributed by atoms with E-state index in [1.165, 1.54) is 0 Å². The lowest BCUT2D eigenvalue weighted by Crippen LogP contribution is -2.39. The molecule has 0 bridgehead atoms. The Bertz CT molecular complexity index is 679. The van der Waals surface area contributed by atoms with Gasteiger partial charge in [0.1, 0.15) is 11.2 Å². The van der Waals surface area contributed by atoms with E-state index in [0.717, 1.165) is 37.2 Å². The molecule has 0 aromatic heterocycles. The molecule has 2 aromatic carbocycles. The van der Waals surface area contributed by atoms with Gasteiger partial charge in [-0.1, -0.05) is 62.4 Å². The molecule has 0 saturated carbocycles. The van der Waals surface area contributed by atoms with Crippen LogP contribution < -0.4 is 4.74 Å². The van der Waals surface area contributed by atoms with E-state index in [4.69, 9.17) is 4.74 Å². The van der Waals surface area contributed by atoms with Gasteiger partial charge in [-0.05, 0) is 37.7 Å². The first-order valence-corrected chi connectivity index (χ1v) is 8.32. The Labute approximate surface area is 137 Å². The van der Waals surface area contributed by atoms with Gasteiger partial charge in [0.25, 0.3) is 0 Å². The van der Waals surface area contributed by atoms with Crippen molar-refractivity contribution in [3.05, 3.63) is 65.7 Å². The van der Waals surface area contributed by atoms with Crippen LogP contribution in [-0.2, 0) is 10.2 Å². The first-order chi connectivity index (χ1) is 11.2. The molecule has 0 radical (unpaired) electrons. The van der Waals surface area contributed by atoms with Gasteiger partial charge in [0.15, 0.2) is 0 Å². The Morgan fingerprint density at radius 1 is 0.957 bits per heavy atom. The average Bonchev–Trinajstić information content (AvgIpc) is 2.89. The number of hydrogen-bond donors (Lipinski definition) is 0. The molecule has 0 saturated heterocycles. The maximum absolute atomic E-state index is 12.9. The summed E-state index contributed by atoms with van der Waals surface area (Å²) in [5.74, 6) is 0.540. The van der Waals surface area contributed by atoms with Gasteiger partial charge in [-0.15, -0.1) is 0 Å². The van der Waals surface area contributed by atoms with E-state index < -0.39 is 5.41 Å². The van der Waals surface area contributed by atoms with Crippen LogP contribution in [0.5, 0.6) is 5.75 Å². The lowest BCUT2D eigenvalue weighted by Gasteiger charge is -2.29. The zero-order chi connectivity index (χ0) is 16.3. The van der Waals surface area contributed by atoms with Crippen molar-refractivity contribution in [3.63, 3.8) is 0 Å². The quantitative estimate of drug-likeness (QED) is 0.603. The van der Waals surface area contributed by atoms with Crippen LogP contribution in [0.1, 0.15) is 31.4 Å². The fourth-order valence-electron chi connectivity index (χ4n) is 3.45. The normalized spacial score (nSPS) is 19.7. The zero-order valence-corrected chi connectivity index (χ0v) is 13.8. The fourth-order valence-corrected chi connectivity index (χ4v) is 3.45. The molecule has 0 spiro atoms. The summed E-state index contributed by atoms with van der Waals surface area (Å²) in [4.78, 5) is 15.2. The van der Waals surface area contributed by atoms with Crippen LogP contribution in [0.25, 0.3) is 0 Å². The highest BCUT2D eigenvalue weighted by Crippen LogP contribution is 2.46. The number of hydrogen-bond acceptors (Lipinski definition) is 3. The van der Waals surface area contributed by atoms with Crippen LogP contribution in [-0.4, -0.2) is 30.5 Å². The number of benzene rings is 2. The molecular weight excluding hydrogens is 286 g/mol. The van der Waals surface area contributed by atoms with Crippen molar-refractivity contribution in [3.8, 4) is 5.75 Å². The first kappa shape index (κ1) is 15.8. The lowest BCUT2D eigenvalue weighted by molar-refractivity contribution is -0.137. The Morgan fingerprint density at radius 3 is 2.30 bits per heavy atom. The number of carbonyl (C=O) groups excluding carboxylic acids is 1. The van der Waals surface area contributed by atoms with Crippen LogP contribution in [0.15, 0.2) is 54.6 Å². The molecule has 1 unspecified atom stereocenters. The highest BCUT2D eigenvalue weighted by molar-refractivity contribution is 5.94. The smallest absolute Gasteiger partial charge is 0.326 e. The number of fused-ring (bicyclic) bond motifs is 1. The van der Waals surface area contributed by atoms with E-state index in [-0.39, 0.29) is 5.97 Å². The summed E-state index contributed by atoms with van der Waals surface area (Å²) in [6.07, 6.45) is 0.731. The van der Waals surface area contributed by atoms with Crippen molar-refractivity contribution in [1.82, 2.24) is 4.90 Å². The Hall–Kier alpha value is -2.13. The molecule has 0 amide bonds. The van der Waals surface area contributed by atoms with Gasteiger partial charge in [0, 0.05) is 5.56 Å². The molecule has 23 heavy (non-hydrogen) atoms. The molecule has 3 heteroatoms. The third-order valence-electron chi connectivity index (χ3n) is 4.86. The molecule has 3 nitrogen and oxygen atoms in total. The second-order valence-corrected chi connectivity index (χ2v) is 5.93. The van der Waals surface area contributed by atoms with E-state index in [9.17, 15) is 4.79 Å². The molecule has 2 aromatic rings. The number of esters is 1. The highest BCUT2D eigenvalue weighted by atomic mass is 16.5. The monoisotopic (exact) mass is 309 g/mol. The van der Waals surface area contributed by atoms with Gasteiger partial charge >= 0.3 is 5.97 Å². The zero-order valence-electron chi connectivity index (χ0n) is 13.8. The maximum Gasteiger partial charge on any atom is 0.326 e. The second kappa shape index (κ2) is 6.55. The van der Waals surface area contributed by atoms with Crippen molar-refractivity contribution in [2.24, 2.45) is 0 Å². The third kappa shape index (κ3) is 2.66. The number of nitrogens with zero attached hydrogens (tertiary/aromatic N) is 1. The molecule has 1 atom stereocenters. The third-order valence-corrected chi connectivity index (χ3v) is 4.86. The summed E-state index contributed by atoms with van der Waals surface area (Å²) in [7, 11) is 0. The summed E-state index contributed by atoms with van der Waals surface area (Å²) in [6, 6.07) is 17.8. The molecule has 120 valence electrons. The minimum Gasteiger partial charge on any atom is -0.425 e. The van der Waals surface area contributed by atoms with Crippen LogP contribution in [0.2, 0.25) is 0 Å². The summed E-state index contributed by atoms with van der Waals surface area (Å²) in [6.45, 7) is 7.14. The number of rotatable bonds is 6. The Balaban J connectivity index is 2.07. The number of para-hydroxylation sites is 1. The SMILES string of the molecule is CCN(CC)CCC1(c2ccccc2)C(=O)Oc2ccccc21. The van der Waals surface area contributed by atoms with Gasteiger partial charge < -0.3 is 9.64 Å². The standard InChI is InChI=1S/C20H23NO2/c1-3-21(4-2)15-14-20(16-10-6-5-7-11-16)17-12-8-9-13-18(17)23-19(20)22/h5-13H,3-4,14-15H2,1-2H3. The number of ether oxygens (including phenoxy) is 1. The topological polar surface area (TPSA) is 29.5 Å². The van der Waals surface area contributed by atoms with Crippen molar-refractivity contribution < 1.29 is 9.53 Å². The van der Waals surface area contributed by atoms with E-state index >= 15 is 0 Å². The molecule has 0 aliphatic carbocycles. The first-order valence-electron chi connectivity index (χ1n) is 8.32. The molecular formula is C20H23NO2. The van der Waals surface area contributed by atoms with Crippen LogP contribution in [0, 0.1) is 0 Å². The minimum atomic E-state index is -0.694. The fraction of sp³-hybridized carbons (Fsp3) is 0.350. The van der Waals surface area contributed by atoms with Gasteiger partial charge in [-0.3, -0.25) is 4.79 Å². The minimum absolute atomic E-state index is 0.156. The van der Waals surface area contributed by atoms with E-state index in [1.54, 1.807) is 0 Å². The van der Waals surface area contributed by atoms with Gasteiger partial charge in [0.05, 0.1) is 0 Å². The predicted molar refractivity (Wildman–Crippen MR) is 91.7 cm³/mol. The molecule has 0 fully saturated rings. The number of carbonyl (C=O) groups is 1. The molecule has 1 aliphatic heterocycles. The van der Waals surface area contributed by atoms with Crippen LogP contribution in [0.4, 0.5) is 0 Å². The summed E-state index contributed by atoms with van der Waals surface area (Å²) >= 11 is 0. The van der Waals surface area contributed by atoms with Crippen molar-refractivity contribution in [2.75, 3.05) is 19.6 Å². The van der Waals surface area contributed by atoms with Crippen molar-refractivity contribution in [2.45, 2.75) is 25.7 Å². The average molecular weight is 309 g/mol. The van der Waals surface area contributed by atoms with Crippen LogP contribution >= 0.6 is 0 Å². The van der Waals surface area contributed by atoms with E-state index in [2.05, 4.69) is 18.7 Å². The van der Waals surface area contributed by atoms with Crippen molar-refractivity contribution in [1.29, 1.82) is 0 Å². The Kier molecular flexibility index (Phi) is 4.49. The summed E-state index contributed by atoms with van der Waals surface area (Å²) in [5.41, 5.74) is 1.31. The Morgan fingerprint density at radius 2 is 1.61 bits per heavy atom. The van der Waals surface area contributed by atoms with Gasteiger partial charge in [-0.25, -0.2) is 0 Å². The maximum atomic E-state index is 12.9. The second-order valence-electron chi connectivity index (χ2n) is 5.93. The molecule has 1 heterocycles. The van der Waals surface area contributed by atoms with E-state index in [0.29, 0.717) is 5.75 Å².